The summed E-state index contributed by atoms with van der Waals surface area (Å²) in [5.74, 6) is 2.48. The highest BCUT2D eigenvalue weighted by Crippen LogP contribution is 2.16. The number of hydrogen-bond donors (Lipinski definition) is 1. The van der Waals surface area contributed by atoms with Gasteiger partial charge in [-0.05, 0) is 46.3 Å². The lowest BCUT2D eigenvalue weighted by molar-refractivity contribution is 0.0261. The Bertz CT molecular complexity index is 273. The SMILES string of the molecule is CCN(CCNC1CCCSC1)C(=O)OC(C)(C)C. The van der Waals surface area contributed by atoms with Crippen molar-refractivity contribution in [2.24, 2.45) is 0 Å². The summed E-state index contributed by atoms with van der Waals surface area (Å²) in [6, 6.07) is 0.607. The Morgan fingerprint density at radius 3 is 2.74 bits per heavy atom. The fourth-order valence-electron chi connectivity index (χ4n) is 2.01. The van der Waals surface area contributed by atoms with E-state index in [1.54, 1.807) is 4.90 Å². The Hall–Kier alpha value is -0.420. The average Bonchev–Trinajstić information content (AvgIpc) is 2.33. The first-order chi connectivity index (χ1) is 8.92. The Labute approximate surface area is 121 Å². The van der Waals surface area contributed by atoms with E-state index in [2.05, 4.69) is 5.32 Å². The monoisotopic (exact) mass is 288 g/mol. The second-order valence-electron chi connectivity index (χ2n) is 5.93. The lowest BCUT2D eigenvalue weighted by atomic mass is 10.2. The van der Waals surface area contributed by atoms with Crippen LogP contribution in [0.1, 0.15) is 40.5 Å². The Balaban J connectivity index is 2.25. The van der Waals surface area contributed by atoms with E-state index in [0.717, 1.165) is 6.54 Å². The van der Waals surface area contributed by atoms with E-state index < -0.39 is 5.60 Å². The van der Waals surface area contributed by atoms with Gasteiger partial charge in [-0.25, -0.2) is 4.79 Å². The maximum Gasteiger partial charge on any atom is 0.410 e. The molecule has 1 amide bonds. The maximum atomic E-state index is 11.9. The standard InChI is InChI=1S/C14H28N2O2S/c1-5-16(13(17)18-14(2,3)4)9-8-15-12-7-6-10-19-11-12/h12,15H,5-11H2,1-4H3. The summed E-state index contributed by atoms with van der Waals surface area (Å²) in [6.45, 7) is 9.93. The van der Waals surface area contributed by atoms with Crippen LogP contribution in [-0.2, 0) is 4.74 Å². The van der Waals surface area contributed by atoms with Crippen LogP contribution in [-0.4, -0.2) is 53.8 Å². The molecule has 1 rings (SSSR count). The van der Waals surface area contributed by atoms with Crippen molar-refractivity contribution in [2.75, 3.05) is 31.1 Å². The van der Waals surface area contributed by atoms with E-state index in [-0.39, 0.29) is 6.09 Å². The zero-order chi connectivity index (χ0) is 14.3. The summed E-state index contributed by atoms with van der Waals surface area (Å²) >= 11 is 2.01. The lowest BCUT2D eigenvalue weighted by Gasteiger charge is -2.28. The van der Waals surface area contributed by atoms with Crippen LogP contribution < -0.4 is 5.32 Å². The van der Waals surface area contributed by atoms with Crippen molar-refractivity contribution < 1.29 is 9.53 Å². The van der Waals surface area contributed by atoms with Gasteiger partial charge in [-0.3, -0.25) is 0 Å². The van der Waals surface area contributed by atoms with Gasteiger partial charge in [0.2, 0.25) is 0 Å². The minimum atomic E-state index is -0.419. The van der Waals surface area contributed by atoms with Crippen molar-refractivity contribution in [1.29, 1.82) is 0 Å². The van der Waals surface area contributed by atoms with Crippen LogP contribution in [0.5, 0.6) is 0 Å². The van der Waals surface area contributed by atoms with Gasteiger partial charge in [-0.15, -0.1) is 0 Å². The van der Waals surface area contributed by atoms with Gasteiger partial charge in [0.25, 0.3) is 0 Å². The van der Waals surface area contributed by atoms with Crippen molar-refractivity contribution in [3.05, 3.63) is 0 Å². The summed E-state index contributed by atoms with van der Waals surface area (Å²) in [7, 11) is 0. The molecule has 1 aliphatic heterocycles. The molecule has 1 unspecified atom stereocenters. The number of nitrogens with zero attached hydrogens (tertiary/aromatic N) is 1. The predicted molar refractivity (Wildman–Crippen MR) is 81.8 cm³/mol. The highest BCUT2D eigenvalue weighted by atomic mass is 32.2. The second kappa shape index (κ2) is 8.00. The summed E-state index contributed by atoms with van der Waals surface area (Å²) in [6.07, 6.45) is 2.34. The number of hydrogen-bond acceptors (Lipinski definition) is 4. The smallest absolute Gasteiger partial charge is 0.410 e. The third-order valence-corrected chi connectivity index (χ3v) is 4.22. The molecular formula is C14H28N2O2S. The molecule has 1 saturated heterocycles. The number of likely N-dealkylation sites (N-methyl/N-ethyl adjacent to an activating group) is 1. The molecule has 0 bridgehead atoms. The molecule has 0 saturated carbocycles. The molecule has 1 atom stereocenters. The van der Waals surface area contributed by atoms with Gasteiger partial charge in [0, 0.05) is 31.4 Å². The fourth-order valence-corrected chi connectivity index (χ4v) is 3.12. The molecule has 19 heavy (non-hydrogen) atoms. The Morgan fingerprint density at radius 2 is 2.21 bits per heavy atom. The van der Waals surface area contributed by atoms with Gasteiger partial charge >= 0.3 is 6.09 Å². The summed E-state index contributed by atoms with van der Waals surface area (Å²) in [5.41, 5.74) is -0.419. The van der Waals surface area contributed by atoms with Crippen molar-refractivity contribution in [1.82, 2.24) is 10.2 Å². The van der Waals surface area contributed by atoms with E-state index >= 15 is 0 Å². The molecule has 0 spiro atoms. The van der Waals surface area contributed by atoms with E-state index in [1.807, 2.05) is 39.5 Å². The predicted octanol–water partition coefficient (Wildman–Crippen LogP) is 2.73. The van der Waals surface area contributed by atoms with Gasteiger partial charge in [0.05, 0.1) is 0 Å². The minimum absolute atomic E-state index is 0.213. The minimum Gasteiger partial charge on any atom is -0.444 e. The molecule has 1 fully saturated rings. The summed E-state index contributed by atoms with van der Waals surface area (Å²) in [4.78, 5) is 13.7. The first kappa shape index (κ1) is 16.6. The molecule has 0 aromatic heterocycles. The van der Waals surface area contributed by atoms with Crippen LogP contribution >= 0.6 is 11.8 Å². The van der Waals surface area contributed by atoms with E-state index in [1.165, 1.54) is 24.3 Å². The van der Waals surface area contributed by atoms with Gasteiger partial charge in [0.15, 0.2) is 0 Å². The quantitative estimate of drug-likeness (QED) is 0.844. The molecule has 1 N–H and O–H groups in total. The molecule has 0 aromatic carbocycles. The second-order valence-corrected chi connectivity index (χ2v) is 7.08. The van der Waals surface area contributed by atoms with Gasteiger partial charge in [-0.2, -0.15) is 11.8 Å². The van der Waals surface area contributed by atoms with E-state index in [0.29, 0.717) is 19.1 Å². The van der Waals surface area contributed by atoms with Crippen LogP contribution in [0.15, 0.2) is 0 Å². The molecule has 1 heterocycles. The number of thioether (sulfide) groups is 1. The highest BCUT2D eigenvalue weighted by Gasteiger charge is 2.21. The first-order valence-corrected chi connectivity index (χ1v) is 8.37. The van der Waals surface area contributed by atoms with Crippen LogP contribution in [0.3, 0.4) is 0 Å². The topological polar surface area (TPSA) is 41.6 Å². The molecule has 0 aromatic rings. The van der Waals surface area contributed by atoms with E-state index in [4.69, 9.17) is 4.74 Å². The molecule has 0 radical (unpaired) electrons. The zero-order valence-electron chi connectivity index (χ0n) is 12.7. The van der Waals surface area contributed by atoms with Gasteiger partial charge < -0.3 is 15.0 Å². The van der Waals surface area contributed by atoms with Gasteiger partial charge in [0.1, 0.15) is 5.60 Å². The molecule has 0 aliphatic carbocycles. The largest absolute Gasteiger partial charge is 0.444 e. The van der Waals surface area contributed by atoms with Crippen LogP contribution in [0.2, 0.25) is 0 Å². The number of rotatable bonds is 5. The Morgan fingerprint density at radius 1 is 1.47 bits per heavy atom. The number of amides is 1. The number of nitrogens with one attached hydrogen (secondary N) is 1. The first-order valence-electron chi connectivity index (χ1n) is 7.21. The van der Waals surface area contributed by atoms with Crippen LogP contribution in [0.25, 0.3) is 0 Å². The molecule has 112 valence electrons. The normalized spacial score (nSPS) is 20.1. The molecule has 4 nitrogen and oxygen atoms in total. The number of carbonyl (C=O) groups is 1. The molecular weight excluding hydrogens is 260 g/mol. The van der Waals surface area contributed by atoms with Crippen molar-refractivity contribution in [2.45, 2.75) is 52.2 Å². The Kier molecular flexibility index (Phi) is 7.00. The maximum absolute atomic E-state index is 11.9. The summed E-state index contributed by atoms with van der Waals surface area (Å²) < 4.78 is 5.39. The van der Waals surface area contributed by atoms with Crippen molar-refractivity contribution >= 4 is 17.9 Å². The third-order valence-electron chi connectivity index (χ3n) is 3.01. The van der Waals surface area contributed by atoms with Crippen molar-refractivity contribution in [3.63, 3.8) is 0 Å². The van der Waals surface area contributed by atoms with Crippen LogP contribution in [0.4, 0.5) is 4.79 Å². The number of ether oxygens (including phenoxy) is 1. The third kappa shape index (κ3) is 7.06. The van der Waals surface area contributed by atoms with E-state index in [9.17, 15) is 4.79 Å². The lowest BCUT2D eigenvalue weighted by Crippen LogP contribution is -2.43. The fraction of sp³-hybridized carbons (Fsp3) is 0.929. The highest BCUT2D eigenvalue weighted by molar-refractivity contribution is 7.99. The van der Waals surface area contributed by atoms with Crippen LogP contribution in [0, 0.1) is 0 Å². The average molecular weight is 288 g/mol. The van der Waals surface area contributed by atoms with Gasteiger partial charge in [-0.1, -0.05) is 0 Å². The summed E-state index contributed by atoms with van der Waals surface area (Å²) in [5, 5.41) is 3.53. The number of carbonyl (C=O) groups excluding carboxylic acids is 1. The molecule has 1 aliphatic rings. The van der Waals surface area contributed by atoms with Crippen molar-refractivity contribution in [3.8, 4) is 0 Å². The molecule has 5 heteroatoms. The zero-order valence-corrected chi connectivity index (χ0v) is 13.5.